The maximum absolute atomic E-state index is 12.4. The van der Waals surface area contributed by atoms with Gasteiger partial charge in [-0.3, -0.25) is 19.2 Å². The van der Waals surface area contributed by atoms with Crippen molar-refractivity contribution < 1.29 is 57.8 Å². The molecule has 1 aliphatic heterocycles. The van der Waals surface area contributed by atoms with E-state index in [0.29, 0.717) is 19.3 Å². The van der Waals surface area contributed by atoms with Crippen LogP contribution < -0.4 is 5.32 Å². The van der Waals surface area contributed by atoms with Crippen LogP contribution in [0.1, 0.15) is 52.9 Å². The first-order valence-corrected chi connectivity index (χ1v) is 12.4. The van der Waals surface area contributed by atoms with Crippen LogP contribution in [0.3, 0.4) is 0 Å². The van der Waals surface area contributed by atoms with Crippen LogP contribution in [-0.2, 0) is 47.6 Å². The van der Waals surface area contributed by atoms with Crippen LogP contribution in [0, 0.1) is 5.92 Å². The molecule has 8 unspecified atom stereocenters. The molecule has 0 aromatic rings. The number of methoxy groups -OCH3 is 1. The Morgan fingerprint density at radius 3 is 2.27 bits per heavy atom. The number of hydrogen-bond donors (Lipinski definition) is 3. The van der Waals surface area contributed by atoms with Crippen molar-refractivity contribution in [2.24, 2.45) is 5.92 Å². The summed E-state index contributed by atoms with van der Waals surface area (Å²) in [4.78, 5) is 46.8. The van der Waals surface area contributed by atoms with Gasteiger partial charge in [0.05, 0.1) is 12.1 Å². The van der Waals surface area contributed by atoms with Crippen LogP contribution in [0.25, 0.3) is 0 Å². The lowest BCUT2D eigenvalue weighted by Crippen LogP contribution is -2.54. The molecule has 1 saturated heterocycles. The van der Waals surface area contributed by atoms with Crippen LogP contribution in [0.15, 0.2) is 0 Å². The Labute approximate surface area is 216 Å². The zero-order chi connectivity index (χ0) is 27.5. The van der Waals surface area contributed by atoms with E-state index in [2.05, 4.69) is 5.32 Å². The highest BCUT2D eigenvalue weighted by molar-refractivity contribution is 5.76. The lowest BCUT2D eigenvalue weighted by Gasteiger charge is -2.39. The Morgan fingerprint density at radius 1 is 0.973 bits per heavy atom. The maximum atomic E-state index is 12.4. The summed E-state index contributed by atoms with van der Waals surface area (Å²) in [5, 5.41) is 22.4. The number of carbonyl (C=O) groups is 4. The average Bonchev–Trinajstić information content (AvgIpc) is 3.12. The Balaban J connectivity index is 1.82. The first-order valence-electron chi connectivity index (χ1n) is 12.4. The Kier molecular flexibility index (Phi) is 12.7. The van der Waals surface area contributed by atoms with Gasteiger partial charge in [-0.25, -0.2) is 0 Å². The van der Waals surface area contributed by atoms with Gasteiger partial charge in [0, 0.05) is 59.9 Å². The second kappa shape index (κ2) is 15.2. The third-order valence-electron chi connectivity index (χ3n) is 6.28. The second-order valence-electron chi connectivity index (χ2n) is 9.24. The molecule has 2 fully saturated rings. The largest absolute Gasteiger partial charge is 0.463 e. The fraction of sp³-hybridized carbons (Fsp3) is 0.833. The fourth-order valence-corrected chi connectivity index (χ4v) is 4.62. The summed E-state index contributed by atoms with van der Waals surface area (Å²) in [6, 6.07) is -0.380. The van der Waals surface area contributed by atoms with Crippen molar-refractivity contribution in [1.29, 1.82) is 0 Å². The van der Waals surface area contributed by atoms with Gasteiger partial charge in [-0.15, -0.1) is 0 Å². The minimum absolute atomic E-state index is 0.100. The van der Waals surface area contributed by atoms with Crippen LogP contribution in [-0.4, -0.2) is 104 Å². The Morgan fingerprint density at radius 2 is 1.68 bits per heavy atom. The quantitative estimate of drug-likeness (QED) is 0.159. The third-order valence-corrected chi connectivity index (χ3v) is 6.28. The van der Waals surface area contributed by atoms with E-state index >= 15 is 0 Å². The molecule has 0 aromatic heterocycles. The minimum atomic E-state index is -0.972. The molecule has 2 rings (SSSR count). The van der Waals surface area contributed by atoms with Gasteiger partial charge >= 0.3 is 17.9 Å². The van der Waals surface area contributed by atoms with Gasteiger partial charge in [-0.2, -0.15) is 0 Å². The van der Waals surface area contributed by atoms with Crippen LogP contribution in [0.4, 0.5) is 0 Å². The van der Waals surface area contributed by atoms with Gasteiger partial charge < -0.3 is 44.0 Å². The zero-order valence-corrected chi connectivity index (χ0v) is 21.8. The number of unbranched alkanes of at least 4 members (excludes halogenated alkanes) is 1. The molecule has 13 nitrogen and oxygen atoms in total. The zero-order valence-electron chi connectivity index (χ0n) is 21.8. The lowest BCUT2D eigenvalue weighted by molar-refractivity contribution is -0.266. The molecule has 0 radical (unpaired) electrons. The summed E-state index contributed by atoms with van der Waals surface area (Å²) >= 11 is 0. The number of esters is 3. The van der Waals surface area contributed by atoms with Crippen molar-refractivity contribution in [3.63, 3.8) is 0 Å². The first-order chi connectivity index (χ1) is 17.5. The highest BCUT2D eigenvalue weighted by Crippen LogP contribution is 2.29. The molecule has 37 heavy (non-hydrogen) atoms. The number of hydrogen-bond acceptors (Lipinski definition) is 12. The molecule has 13 heteroatoms. The standard InChI is InChI=1S/C24H39NO12/c1-13(27)34-12-19-24(36-15(3)29)18(35-14(2)28)10-21(37-19)33-8-6-5-7-20(30)25-17-9-16(11-26)22(31)23(17)32-4/h16-19,21-24,26,31H,5-12H2,1-4H3,(H,25,30). The molecule has 0 bridgehead atoms. The molecule has 1 saturated carbocycles. The first kappa shape index (κ1) is 30.9. The molecule has 0 spiro atoms. The molecule has 212 valence electrons. The van der Waals surface area contributed by atoms with Crippen molar-refractivity contribution in [3.8, 4) is 0 Å². The third kappa shape index (κ3) is 9.82. The van der Waals surface area contributed by atoms with Crippen molar-refractivity contribution in [3.05, 3.63) is 0 Å². The van der Waals surface area contributed by atoms with Crippen molar-refractivity contribution in [1.82, 2.24) is 5.32 Å². The molecule has 3 N–H and O–H groups in total. The number of carbonyl (C=O) groups excluding carboxylic acids is 4. The summed E-state index contributed by atoms with van der Waals surface area (Å²) in [5.41, 5.74) is 0. The topological polar surface area (TPSA) is 176 Å². The van der Waals surface area contributed by atoms with Gasteiger partial charge in [0.1, 0.15) is 24.9 Å². The van der Waals surface area contributed by atoms with Crippen LogP contribution in [0.2, 0.25) is 0 Å². The minimum Gasteiger partial charge on any atom is -0.463 e. The number of nitrogens with one attached hydrogen (secondary N) is 1. The average molecular weight is 534 g/mol. The van der Waals surface area contributed by atoms with E-state index in [0.717, 1.165) is 0 Å². The van der Waals surface area contributed by atoms with E-state index in [4.69, 9.17) is 28.4 Å². The Bertz CT molecular complexity index is 777. The number of rotatable bonds is 13. The maximum Gasteiger partial charge on any atom is 0.303 e. The molecular weight excluding hydrogens is 494 g/mol. The Hall–Kier alpha value is -2.32. The molecule has 0 aromatic carbocycles. The van der Waals surface area contributed by atoms with E-state index < -0.39 is 54.7 Å². The number of aliphatic hydroxyl groups is 2. The van der Waals surface area contributed by atoms with Crippen molar-refractivity contribution in [2.45, 2.75) is 95.7 Å². The molecule has 1 heterocycles. The highest BCUT2D eigenvalue weighted by Gasteiger charge is 2.44. The predicted octanol–water partition coefficient (Wildman–Crippen LogP) is -0.412. The van der Waals surface area contributed by atoms with Gasteiger partial charge in [0.25, 0.3) is 0 Å². The molecule has 8 atom stereocenters. The summed E-state index contributed by atoms with van der Waals surface area (Å²) < 4.78 is 32.5. The van der Waals surface area contributed by atoms with Crippen molar-refractivity contribution in [2.75, 3.05) is 26.9 Å². The van der Waals surface area contributed by atoms with E-state index in [1.54, 1.807) is 0 Å². The summed E-state index contributed by atoms with van der Waals surface area (Å²) in [6.07, 6.45) is -3.18. The van der Waals surface area contributed by atoms with Crippen LogP contribution >= 0.6 is 0 Å². The predicted molar refractivity (Wildman–Crippen MR) is 125 cm³/mol. The number of aliphatic hydroxyl groups excluding tert-OH is 2. The monoisotopic (exact) mass is 533 g/mol. The van der Waals surface area contributed by atoms with Gasteiger partial charge in [0.2, 0.25) is 5.91 Å². The second-order valence-corrected chi connectivity index (χ2v) is 9.24. The summed E-state index contributed by atoms with van der Waals surface area (Å²) in [5.74, 6) is -2.28. The van der Waals surface area contributed by atoms with Crippen molar-refractivity contribution >= 4 is 23.8 Å². The smallest absolute Gasteiger partial charge is 0.303 e. The molecule has 1 amide bonds. The van der Waals surface area contributed by atoms with E-state index in [-0.39, 0.29) is 50.5 Å². The summed E-state index contributed by atoms with van der Waals surface area (Å²) in [6.45, 7) is 3.50. The molecule has 1 aliphatic carbocycles. The van der Waals surface area contributed by atoms with Gasteiger partial charge in [-0.05, 0) is 19.3 Å². The molecular formula is C24H39NO12. The number of amides is 1. The fourth-order valence-electron chi connectivity index (χ4n) is 4.62. The van der Waals surface area contributed by atoms with Gasteiger partial charge in [0.15, 0.2) is 12.4 Å². The summed E-state index contributed by atoms with van der Waals surface area (Å²) in [7, 11) is 1.45. The molecule has 2 aliphatic rings. The van der Waals surface area contributed by atoms with Gasteiger partial charge in [-0.1, -0.05) is 0 Å². The van der Waals surface area contributed by atoms with E-state index in [9.17, 15) is 29.4 Å². The highest BCUT2D eigenvalue weighted by atomic mass is 16.7. The van der Waals surface area contributed by atoms with E-state index in [1.165, 1.54) is 27.9 Å². The number of ether oxygens (including phenoxy) is 6. The lowest BCUT2D eigenvalue weighted by atomic mass is 10.0. The van der Waals surface area contributed by atoms with E-state index in [1.807, 2.05) is 0 Å². The van der Waals surface area contributed by atoms with Crippen LogP contribution in [0.5, 0.6) is 0 Å². The normalized spacial score (nSPS) is 31.4. The SMILES string of the molecule is COC1C(NC(=O)CCCCOC2CC(OC(C)=O)C(OC(C)=O)C(COC(C)=O)O2)CC(CO)C1O.